The maximum atomic E-state index is 12.5. The van der Waals surface area contributed by atoms with Crippen LogP contribution in [0, 0.1) is 0 Å². The maximum absolute atomic E-state index is 12.5. The molecule has 3 aromatic heterocycles. The summed E-state index contributed by atoms with van der Waals surface area (Å²) < 4.78 is 5.46. The minimum Gasteiger partial charge on any atom is -0.422 e. The van der Waals surface area contributed by atoms with Crippen molar-refractivity contribution in [1.29, 1.82) is 0 Å². The number of thiazole rings is 1. The zero-order valence-corrected chi connectivity index (χ0v) is 18.2. The number of hydrogen-bond donors (Lipinski definition) is 1. The van der Waals surface area contributed by atoms with Crippen molar-refractivity contribution in [3.63, 3.8) is 0 Å². The Morgan fingerprint density at radius 2 is 1.73 bits per heavy atom. The highest BCUT2D eigenvalue weighted by Gasteiger charge is 2.13. The second-order valence-corrected chi connectivity index (χ2v) is 8.44. The van der Waals surface area contributed by atoms with Crippen LogP contribution in [0.25, 0.3) is 43.7 Å². The van der Waals surface area contributed by atoms with Gasteiger partial charge in [0.2, 0.25) is 0 Å². The summed E-state index contributed by atoms with van der Waals surface area (Å²) in [4.78, 5) is 25.2. The van der Waals surface area contributed by atoms with Crippen molar-refractivity contribution in [1.82, 2.24) is 9.97 Å². The zero-order valence-electron chi connectivity index (χ0n) is 17.4. The molecular weight excluding hydrogens is 430 g/mol. The van der Waals surface area contributed by atoms with E-state index in [4.69, 9.17) is 4.42 Å². The van der Waals surface area contributed by atoms with Crippen molar-refractivity contribution in [2.45, 2.75) is 0 Å². The molecule has 6 heteroatoms. The number of para-hydroxylation sites is 2. The minimum absolute atomic E-state index is 0.401. The molecule has 0 bridgehead atoms. The summed E-state index contributed by atoms with van der Waals surface area (Å²) in [5.41, 5.74) is 4.74. The molecule has 0 aliphatic carbocycles. The van der Waals surface area contributed by atoms with Crippen LogP contribution >= 0.6 is 11.3 Å². The van der Waals surface area contributed by atoms with Gasteiger partial charge in [0.15, 0.2) is 5.82 Å². The van der Waals surface area contributed by atoms with Gasteiger partial charge in [-0.2, -0.15) is 0 Å². The molecule has 0 aliphatic heterocycles. The average molecular weight is 448 g/mol. The predicted octanol–water partition coefficient (Wildman–Crippen LogP) is 6.82. The van der Waals surface area contributed by atoms with Crippen molar-refractivity contribution in [3.05, 3.63) is 106 Å². The maximum Gasteiger partial charge on any atom is 0.346 e. The van der Waals surface area contributed by atoms with Crippen molar-refractivity contribution in [2.24, 2.45) is 4.99 Å². The van der Waals surface area contributed by atoms with Crippen LogP contribution in [0.2, 0.25) is 0 Å². The van der Waals surface area contributed by atoms with Crippen LogP contribution in [0.1, 0.15) is 5.56 Å². The molecule has 0 atom stereocenters. The molecule has 0 fully saturated rings. The van der Waals surface area contributed by atoms with E-state index in [1.54, 1.807) is 6.07 Å². The molecule has 0 aliphatic rings. The standard InChI is InChI=1S/C27H17N3O2S/c31-27-20(14-18-10-4-7-13-23(18)32-27)26-30-24(16-33-26)28-15-21-19-11-5-6-12-22(19)29-25(21)17-8-2-1-3-9-17/h1-16,29H/b28-15+. The summed E-state index contributed by atoms with van der Waals surface area (Å²) in [7, 11) is 0. The molecule has 0 radical (unpaired) electrons. The average Bonchev–Trinajstić information content (AvgIpc) is 3.47. The highest BCUT2D eigenvalue weighted by atomic mass is 32.1. The lowest BCUT2D eigenvalue weighted by Crippen LogP contribution is -2.02. The topological polar surface area (TPSA) is 71.2 Å². The number of hydrogen-bond acceptors (Lipinski definition) is 5. The molecule has 6 rings (SSSR count). The Labute approximate surface area is 192 Å². The fourth-order valence-electron chi connectivity index (χ4n) is 3.92. The number of fused-ring (bicyclic) bond motifs is 2. The number of nitrogens with one attached hydrogen (secondary N) is 1. The van der Waals surface area contributed by atoms with E-state index in [2.05, 4.69) is 39.2 Å². The molecule has 158 valence electrons. The van der Waals surface area contributed by atoms with E-state index in [1.165, 1.54) is 11.3 Å². The molecule has 0 spiro atoms. The summed E-state index contributed by atoms with van der Waals surface area (Å²) >= 11 is 1.37. The Morgan fingerprint density at radius 3 is 2.64 bits per heavy atom. The van der Waals surface area contributed by atoms with Crippen LogP contribution in [0.3, 0.4) is 0 Å². The molecule has 5 nitrogen and oxygen atoms in total. The number of nitrogens with zero attached hydrogens (tertiary/aromatic N) is 2. The van der Waals surface area contributed by atoms with E-state index in [0.29, 0.717) is 22.0 Å². The normalized spacial score (nSPS) is 11.6. The van der Waals surface area contributed by atoms with Gasteiger partial charge in [-0.1, -0.05) is 66.7 Å². The first-order chi connectivity index (χ1) is 16.3. The first kappa shape index (κ1) is 19.4. The Bertz CT molecular complexity index is 1690. The number of H-pyrrole nitrogens is 1. The van der Waals surface area contributed by atoms with Gasteiger partial charge in [-0.3, -0.25) is 0 Å². The van der Waals surface area contributed by atoms with E-state index in [1.807, 2.05) is 66.2 Å². The summed E-state index contributed by atoms with van der Waals surface area (Å²) in [6, 6.07) is 27.6. The molecule has 0 saturated heterocycles. The van der Waals surface area contributed by atoms with Gasteiger partial charge in [-0.15, -0.1) is 11.3 Å². The molecule has 3 heterocycles. The van der Waals surface area contributed by atoms with E-state index < -0.39 is 5.63 Å². The third-order valence-electron chi connectivity index (χ3n) is 5.50. The monoisotopic (exact) mass is 447 g/mol. The van der Waals surface area contributed by atoms with Gasteiger partial charge in [-0.25, -0.2) is 14.8 Å². The van der Waals surface area contributed by atoms with E-state index >= 15 is 0 Å². The SMILES string of the molecule is O=c1oc2ccccc2cc1-c1nc(/N=C/c2c(-c3ccccc3)[nH]c3ccccc23)cs1. The first-order valence-electron chi connectivity index (χ1n) is 10.5. The fraction of sp³-hybridized carbons (Fsp3) is 0. The number of benzene rings is 3. The Kier molecular flexibility index (Phi) is 4.70. The summed E-state index contributed by atoms with van der Waals surface area (Å²) in [6.45, 7) is 0. The molecular formula is C27H17N3O2S. The van der Waals surface area contributed by atoms with Crippen LogP contribution in [-0.2, 0) is 0 Å². The molecule has 3 aromatic carbocycles. The van der Waals surface area contributed by atoms with Gasteiger partial charge in [0.1, 0.15) is 10.6 Å². The Balaban J connectivity index is 1.40. The molecule has 0 unspecified atom stereocenters. The van der Waals surface area contributed by atoms with Gasteiger partial charge < -0.3 is 9.40 Å². The number of rotatable bonds is 4. The van der Waals surface area contributed by atoms with Gasteiger partial charge in [0.25, 0.3) is 0 Å². The molecule has 0 saturated carbocycles. The van der Waals surface area contributed by atoms with E-state index in [0.717, 1.165) is 33.1 Å². The largest absolute Gasteiger partial charge is 0.422 e. The number of aliphatic imine (C=N–C) groups is 1. The lowest BCUT2D eigenvalue weighted by molar-refractivity contribution is 0.563. The van der Waals surface area contributed by atoms with E-state index in [-0.39, 0.29) is 0 Å². The number of aromatic amines is 1. The Morgan fingerprint density at radius 1 is 0.939 bits per heavy atom. The lowest BCUT2D eigenvalue weighted by atomic mass is 10.1. The fourth-order valence-corrected chi connectivity index (χ4v) is 4.67. The van der Waals surface area contributed by atoms with Crippen LogP contribution in [-0.4, -0.2) is 16.2 Å². The summed E-state index contributed by atoms with van der Waals surface area (Å²) in [6.07, 6.45) is 1.84. The second kappa shape index (κ2) is 8.00. The quantitative estimate of drug-likeness (QED) is 0.238. The van der Waals surface area contributed by atoms with Crippen LogP contribution in [0.15, 0.2) is 105 Å². The van der Waals surface area contributed by atoms with Gasteiger partial charge in [0, 0.05) is 33.4 Å². The summed E-state index contributed by atoms with van der Waals surface area (Å²) in [5, 5.41) is 4.38. The van der Waals surface area contributed by atoms with E-state index in [9.17, 15) is 4.79 Å². The van der Waals surface area contributed by atoms with Crippen LogP contribution in [0.5, 0.6) is 0 Å². The Hall–Kier alpha value is -4.29. The predicted molar refractivity (Wildman–Crippen MR) is 135 cm³/mol. The summed E-state index contributed by atoms with van der Waals surface area (Å²) in [5.74, 6) is 0.548. The minimum atomic E-state index is -0.401. The van der Waals surface area contributed by atoms with Crippen LogP contribution in [0.4, 0.5) is 5.82 Å². The molecule has 33 heavy (non-hydrogen) atoms. The van der Waals surface area contributed by atoms with Crippen molar-refractivity contribution in [2.75, 3.05) is 0 Å². The second-order valence-electron chi connectivity index (χ2n) is 7.58. The zero-order chi connectivity index (χ0) is 22.2. The molecule has 6 aromatic rings. The lowest BCUT2D eigenvalue weighted by Gasteiger charge is -2.00. The van der Waals surface area contributed by atoms with Crippen molar-refractivity contribution >= 4 is 45.2 Å². The van der Waals surface area contributed by atoms with Gasteiger partial charge in [-0.05, 0) is 23.8 Å². The third kappa shape index (κ3) is 3.56. The molecule has 0 amide bonds. The smallest absolute Gasteiger partial charge is 0.346 e. The first-order valence-corrected chi connectivity index (χ1v) is 11.3. The third-order valence-corrected chi connectivity index (χ3v) is 6.36. The van der Waals surface area contributed by atoms with Crippen molar-refractivity contribution in [3.8, 4) is 21.8 Å². The highest BCUT2D eigenvalue weighted by molar-refractivity contribution is 7.13. The highest BCUT2D eigenvalue weighted by Crippen LogP contribution is 2.31. The molecule has 1 N–H and O–H groups in total. The van der Waals surface area contributed by atoms with Gasteiger partial charge >= 0.3 is 5.63 Å². The van der Waals surface area contributed by atoms with Crippen molar-refractivity contribution < 1.29 is 4.42 Å². The van der Waals surface area contributed by atoms with Crippen LogP contribution < -0.4 is 5.63 Å². The van der Waals surface area contributed by atoms with Gasteiger partial charge in [0.05, 0.1) is 11.3 Å². The number of aromatic nitrogens is 2.